The molecule has 0 aromatic heterocycles. The highest BCUT2D eigenvalue weighted by Gasteiger charge is 2.39. The van der Waals surface area contributed by atoms with E-state index in [0.717, 1.165) is 6.42 Å². The van der Waals surface area contributed by atoms with Gasteiger partial charge in [-0.05, 0) is 41.3 Å². The number of halogens is 3. The SMILES string of the molecule is OC1(c2ccc(Br)c(Cl)c2F)CCC1. The van der Waals surface area contributed by atoms with Crippen LogP contribution in [-0.4, -0.2) is 5.11 Å². The van der Waals surface area contributed by atoms with Gasteiger partial charge in [0.2, 0.25) is 0 Å². The fraction of sp³-hybridized carbons (Fsp3) is 0.400. The summed E-state index contributed by atoms with van der Waals surface area (Å²) in [5.74, 6) is -0.511. The summed E-state index contributed by atoms with van der Waals surface area (Å²) in [6, 6.07) is 3.25. The Hall–Kier alpha value is -0.120. The van der Waals surface area contributed by atoms with Crippen LogP contribution in [0.4, 0.5) is 4.39 Å². The van der Waals surface area contributed by atoms with Crippen molar-refractivity contribution in [3.05, 3.63) is 33.0 Å². The van der Waals surface area contributed by atoms with E-state index in [1.807, 2.05) is 0 Å². The average molecular weight is 280 g/mol. The number of benzene rings is 1. The Bertz CT molecular complexity index is 377. The predicted molar refractivity (Wildman–Crippen MR) is 56.9 cm³/mol. The van der Waals surface area contributed by atoms with Gasteiger partial charge in [-0.25, -0.2) is 4.39 Å². The van der Waals surface area contributed by atoms with Crippen molar-refractivity contribution in [1.29, 1.82) is 0 Å². The molecule has 0 amide bonds. The van der Waals surface area contributed by atoms with Crippen LogP contribution in [0.25, 0.3) is 0 Å². The van der Waals surface area contributed by atoms with E-state index < -0.39 is 11.4 Å². The first-order valence-corrected chi connectivity index (χ1v) is 5.58. The molecule has 0 radical (unpaired) electrons. The maximum absolute atomic E-state index is 13.7. The maximum atomic E-state index is 13.7. The molecule has 0 aliphatic heterocycles. The second kappa shape index (κ2) is 3.47. The molecule has 1 N–H and O–H groups in total. The Morgan fingerprint density at radius 2 is 2.07 bits per heavy atom. The molecule has 76 valence electrons. The Morgan fingerprint density at radius 1 is 1.43 bits per heavy atom. The van der Waals surface area contributed by atoms with Gasteiger partial charge < -0.3 is 5.11 Å². The standard InChI is InChI=1S/C10H9BrClFO/c11-7-3-2-6(9(13)8(7)12)10(14)4-1-5-10/h2-3,14H,1,4-5H2. The summed E-state index contributed by atoms with van der Waals surface area (Å²) in [4.78, 5) is 0. The van der Waals surface area contributed by atoms with E-state index in [1.165, 1.54) is 0 Å². The molecule has 0 unspecified atom stereocenters. The summed E-state index contributed by atoms with van der Waals surface area (Å²) in [7, 11) is 0. The van der Waals surface area contributed by atoms with Gasteiger partial charge >= 0.3 is 0 Å². The van der Waals surface area contributed by atoms with E-state index >= 15 is 0 Å². The van der Waals surface area contributed by atoms with Crippen LogP contribution in [0.15, 0.2) is 16.6 Å². The molecular formula is C10H9BrClFO. The van der Waals surface area contributed by atoms with Gasteiger partial charge in [-0.15, -0.1) is 0 Å². The third kappa shape index (κ3) is 1.47. The van der Waals surface area contributed by atoms with Crippen molar-refractivity contribution in [1.82, 2.24) is 0 Å². The summed E-state index contributed by atoms with van der Waals surface area (Å²) in [5, 5.41) is 10.0. The summed E-state index contributed by atoms with van der Waals surface area (Å²) < 4.78 is 14.2. The molecule has 4 heteroatoms. The number of aliphatic hydroxyl groups is 1. The number of rotatable bonds is 1. The van der Waals surface area contributed by atoms with Crippen LogP contribution in [-0.2, 0) is 5.60 Å². The predicted octanol–water partition coefficient (Wildman–Crippen LogP) is 3.61. The van der Waals surface area contributed by atoms with Crippen LogP contribution in [0.2, 0.25) is 5.02 Å². The zero-order valence-corrected chi connectivity index (χ0v) is 9.70. The molecule has 1 fully saturated rings. The lowest BCUT2D eigenvalue weighted by atomic mass is 9.75. The van der Waals surface area contributed by atoms with E-state index in [0.29, 0.717) is 22.9 Å². The van der Waals surface area contributed by atoms with Crippen molar-refractivity contribution in [2.24, 2.45) is 0 Å². The van der Waals surface area contributed by atoms with E-state index in [9.17, 15) is 9.50 Å². The lowest BCUT2D eigenvalue weighted by molar-refractivity contribution is -0.0416. The summed E-state index contributed by atoms with van der Waals surface area (Å²) in [6.07, 6.45) is 2.16. The van der Waals surface area contributed by atoms with Crippen LogP contribution in [0, 0.1) is 5.82 Å². The van der Waals surface area contributed by atoms with Gasteiger partial charge in [0.25, 0.3) is 0 Å². The zero-order chi connectivity index (χ0) is 10.3. The highest BCUT2D eigenvalue weighted by Crippen LogP contribution is 2.44. The third-order valence-electron chi connectivity index (χ3n) is 2.72. The molecule has 0 heterocycles. The van der Waals surface area contributed by atoms with E-state index in [1.54, 1.807) is 12.1 Å². The molecule has 1 aromatic carbocycles. The van der Waals surface area contributed by atoms with Crippen LogP contribution in [0.1, 0.15) is 24.8 Å². The molecular weight excluding hydrogens is 270 g/mol. The van der Waals surface area contributed by atoms with Crippen molar-refractivity contribution in [3.63, 3.8) is 0 Å². The molecule has 2 rings (SSSR count). The maximum Gasteiger partial charge on any atom is 0.149 e. The van der Waals surface area contributed by atoms with Gasteiger partial charge in [-0.1, -0.05) is 17.7 Å². The Kier molecular flexibility index (Phi) is 2.58. The van der Waals surface area contributed by atoms with Crippen molar-refractivity contribution in [3.8, 4) is 0 Å². The first kappa shape index (κ1) is 10.4. The molecule has 0 saturated heterocycles. The first-order chi connectivity index (χ1) is 6.54. The fourth-order valence-electron chi connectivity index (χ4n) is 1.67. The first-order valence-electron chi connectivity index (χ1n) is 4.41. The lowest BCUT2D eigenvalue weighted by Crippen LogP contribution is -2.34. The van der Waals surface area contributed by atoms with Crippen LogP contribution < -0.4 is 0 Å². The van der Waals surface area contributed by atoms with Crippen LogP contribution >= 0.6 is 27.5 Å². The van der Waals surface area contributed by atoms with Crippen molar-refractivity contribution in [2.75, 3.05) is 0 Å². The van der Waals surface area contributed by atoms with Crippen molar-refractivity contribution >= 4 is 27.5 Å². The molecule has 0 spiro atoms. The topological polar surface area (TPSA) is 20.2 Å². The normalized spacial score (nSPS) is 19.1. The summed E-state index contributed by atoms with van der Waals surface area (Å²) in [5.41, 5.74) is -0.675. The second-order valence-electron chi connectivity index (χ2n) is 3.61. The molecule has 0 bridgehead atoms. The lowest BCUT2D eigenvalue weighted by Gasteiger charge is -2.37. The molecule has 1 aliphatic rings. The molecule has 0 atom stereocenters. The quantitative estimate of drug-likeness (QED) is 0.779. The monoisotopic (exact) mass is 278 g/mol. The van der Waals surface area contributed by atoms with E-state index in [2.05, 4.69) is 15.9 Å². The molecule has 14 heavy (non-hydrogen) atoms. The summed E-state index contributed by atoms with van der Waals surface area (Å²) in [6.45, 7) is 0. The fourth-order valence-corrected chi connectivity index (χ4v) is 2.14. The van der Waals surface area contributed by atoms with E-state index in [-0.39, 0.29) is 5.02 Å². The van der Waals surface area contributed by atoms with Crippen molar-refractivity contribution < 1.29 is 9.50 Å². The van der Waals surface area contributed by atoms with Gasteiger partial charge in [0.1, 0.15) is 5.82 Å². The smallest absolute Gasteiger partial charge is 0.149 e. The highest BCUT2D eigenvalue weighted by atomic mass is 79.9. The average Bonchev–Trinajstić information content (AvgIpc) is 2.11. The third-order valence-corrected chi connectivity index (χ3v) is 3.98. The zero-order valence-electron chi connectivity index (χ0n) is 7.36. The molecule has 1 saturated carbocycles. The molecule has 1 aliphatic carbocycles. The van der Waals surface area contributed by atoms with Crippen molar-refractivity contribution in [2.45, 2.75) is 24.9 Å². The van der Waals surface area contributed by atoms with E-state index in [4.69, 9.17) is 11.6 Å². The van der Waals surface area contributed by atoms with Gasteiger partial charge in [-0.2, -0.15) is 0 Å². The minimum absolute atomic E-state index is 0.0443. The van der Waals surface area contributed by atoms with Gasteiger partial charge in [0, 0.05) is 10.0 Å². The van der Waals surface area contributed by atoms with Gasteiger partial charge in [-0.3, -0.25) is 0 Å². The molecule has 1 aromatic rings. The van der Waals surface area contributed by atoms with Gasteiger partial charge in [0.05, 0.1) is 10.6 Å². The number of hydrogen-bond donors (Lipinski definition) is 1. The summed E-state index contributed by atoms with van der Waals surface area (Å²) >= 11 is 8.87. The molecule has 1 nitrogen and oxygen atoms in total. The Balaban J connectivity index is 2.49. The largest absolute Gasteiger partial charge is 0.385 e. The Morgan fingerprint density at radius 3 is 2.57 bits per heavy atom. The Labute approximate surface area is 95.0 Å². The van der Waals surface area contributed by atoms with Crippen LogP contribution in [0.3, 0.4) is 0 Å². The number of hydrogen-bond acceptors (Lipinski definition) is 1. The van der Waals surface area contributed by atoms with Crippen LogP contribution in [0.5, 0.6) is 0 Å². The second-order valence-corrected chi connectivity index (χ2v) is 4.84. The minimum atomic E-state index is -0.992. The highest BCUT2D eigenvalue weighted by molar-refractivity contribution is 9.10. The van der Waals surface area contributed by atoms with Gasteiger partial charge in [0.15, 0.2) is 0 Å². The minimum Gasteiger partial charge on any atom is -0.385 e.